The maximum Gasteiger partial charge on any atom is 0.300 e. The fraction of sp³-hybridized carbons (Fsp3) is 0.316. The van der Waals surface area contributed by atoms with E-state index in [0.717, 1.165) is 36.4 Å². The monoisotopic (exact) mass is 413 g/mol. The van der Waals surface area contributed by atoms with Gasteiger partial charge in [-0.05, 0) is 37.1 Å². The van der Waals surface area contributed by atoms with Crippen molar-refractivity contribution in [1.29, 1.82) is 0 Å². The van der Waals surface area contributed by atoms with Crippen LogP contribution < -0.4 is 16.4 Å². The number of carboxylic acid groups (broad SMARTS) is 1. The molecule has 2 aromatic heterocycles. The topological polar surface area (TPSA) is 168 Å². The number of fused-ring (bicyclic) bond motifs is 1. The third kappa shape index (κ3) is 5.64. The summed E-state index contributed by atoms with van der Waals surface area (Å²) in [7, 11) is 0. The molecule has 1 aliphatic rings. The van der Waals surface area contributed by atoms with Gasteiger partial charge in [-0.2, -0.15) is 10.1 Å². The summed E-state index contributed by atoms with van der Waals surface area (Å²) in [5.74, 6) is -0.254. The third-order valence-electron chi connectivity index (χ3n) is 4.28. The number of nitrogens with one attached hydrogen (secondary N) is 3. The lowest BCUT2D eigenvalue weighted by atomic mass is 10.1. The number of H-pyrrole nitrogens is 1. The number of hydrogen-bond donors (Lipinski definition) is 5. The zero-order valence-corrected chi connectivity index (χ0v) is 16.4. The summed E-state index contributed by atoms with van der Waals surface area (Å²) in [6, 6.07) is 7.43. The minimum Gasteiger partial charge on any atom is -0.481 e. The van der Waals surface area contributed by atoms with E-state index in [-0.39, 0.29) is 17.9 Å². The van der Waals surface area contributed by atoms with Gasteiger partial charge in [0.05, 0.1) is 5.52 Å². The SMILES string of the molecule is CC(=O)O.Nc1nccc(Nc2ccc3[nH]nc(C(=O)NC4CCOCC4)c3c2)n1. The van der Waals surface area contributed by atoms with Crippen LogP contribution in [-0.2, 0) is 9.53 Å². The second-order valence-corrected chi connectivity index (χ2v) is 6.64. The number of rotatable bonds is 4. The van der Waals surface area contributed by atoms with Crippen molar-refractivity contribution in [2.45, 2.75) is 25.8 Å². The Hall–Kier alpha value is -3.73. The molecule has 0 spiro atoms. The van der Waals surface area contributed by atoms with Crippen molar-refractivity contribution >= 4 is 40.2 Å². The highest BCUT2D eigenvalue weighted by atomic mass is 16.5. The van der Waals surface area contributed by atoms with Crippen molar-refractivity contribution < 1.29 is 19.4 Å². The van der Waals surface area contributed by atoms with Gasteiger partial charge >= 0.3 is 0 Å². The number of aromatic nitrogens is 4. The normalized spacial score (nSPS) is 13.9. The first-order chi connectivity index (χ1) is 14.4. The molecule has 3 aromatic rings. The molecular formula is C19H23N7O4. The van der Waals surface area contributed by atoms with Crippen LogP contribution in [0.2, 0.25) is 0 Å². The molecule has 0 atom stereocenters. The lowest BCUT2D eigenvalue weighted by Gasteiger charge is -2.22. The third-order valence-corrected chi connectivity index (χ3v) is 4.28. The van der Waals surface area contributed by atoms with Gasteiger partial charge in [-0.25, -0.2) is 4.98 Å². The number of nitrogens with zero attached hydrogens (tertiary/aromatic N) is 3. The van der Waals surface area contributed by atoms with E-state index in [0.29, 0.717) is 24.7 Å². The summed E-state index contributed by atoms with van der Waals surface area (Å²) in [4.78, 5) is 29.6. The molecule has 3 heterocycles. The number of aliphatic carboxylic acids is 1. The summed E-state index contributed by atoms with van der Waals surface area (Å²) in [5.41, 5.74) is 7.53. The van der Waals surface area contributed by atoms with Gasteiger partial charge in [0.25, 0.3) is 11.9 Å². The van der Waals surface area contributed by atoms with Gasteiger partial charge in [0.1, 0.15) is 5.82 Å². The molecular weight excluding hydrogens is 390 g/mol. The zero-order chi connectivity index (χ0) is 21.5. The molecule has 4 rings (SSSR count). The standard InChI is InChI=1S/C17H19N7O2.C2H4O2/c18-17-19-6-3-14(22-17)20-11-1-2-13-12(9-11)15(24-23-13)16(25)21-10-4-7-26-8-5-10;1-2(3)4/h1-3,6,9-10H,4-5,7-8H2,(H,21,25)(H,23,24)(H3,18,19,20,22);1H3,(H,3,4). The Morgan fingerprint density at radius 2 is 2.00 bits per heavy atom. The fourth-order valence-corrected chi connectivity index (χ4v) is 2.95. The van der Waals surface area contributed by atoms with Crippen molar-refractivity contribution in [3.63, 3.8) is 0 Å². The highest BCUT2D eigenvalue weighted by molar-refractivity contribution is 6.05. The number of carbonyl (C=O) groups is 2. The second kappa shape index (κ2) is 9.65. The van der Waals surface area contributed by atoms with Crippen molar-refractivity contribution in [3.8, 4) is 0 Å². The molecule has 0 aliphatic carbocycles. The van der Waals surface area contributed by atoms with E-state index in [2.05, 4.69) is 30.8 Å². The Kier molecular flexibility index (Phi) is 6.75. The van der Waals surface area contributed by atoms with E-state index < -0.39 is 5.97 Å². The molecule has 0 bridgehead atoms. The zero-order valence-electron chi connectivity index (χ0n) is 16.4. The smallest absolute Gasteiger partial charge is 0.300 e. The number of carboxylic acids is 1. The van der Waals surface area contributed by atoms with Crippen LogP contribution in [0.4, 0.5) is 17.5 Å². The Bertz CT molecular complexity index is 1030. The van der Waals surface area contributed by atoms with Gasteiger partial charge in [0.2, 0.25) is 5.95 Å². The first-order valence-electron chi connectivity index (χ1n) is 9.34. The molecule has 1 aliphatic heterocycles. The summed E-state index contributed by atoms with van der Waals surface area (Å²) in [5, 5.41) is 21.4. The van der Waals surface area contributed by atoms with Gasteiger partial charge in [-0.3, -0.25) is 14.7 Å². The molecule has 11 nitrogen and oxygen atoms in total. The van der Waals surface area contributed by atoms with Gasteiger partial charge in [-0.1, -0.05) is 0 Å². The average Bonchev–Trinajstić information content (AvgIpc) is 3.12. The highest BCUT2D eigenvalue weighted by Crippen LogP contribution is 2.23. The van der Waals surface area contributed by atoms with Crippen LogP contribution >= 0.6 is 0 Å². The molecule has 6 N–H and O–H groups in total. The van der Waals surface area contributed by atoms with E-state index >= 15 is 0 Å². The van der Waals surface area contributed by atoms with Crippen molar-refractivity contribution in [2.24, 2.45) is 0 Å². The summed E-state index contributed by atoms with van der Waals surface area (Å²) in [6.45, 7) is 2.42. The molecule has 158 valence electrons. The summed E-state index contributed by atoms with van der Waals surface area (Å²) in [6.07, 6.45) is 3.21. The number of anilines is 3. The summed E-state index contributed by atoms with van der Waals surface area (Å²) < 4.78 is 5.32. The number of aromatic amines is 1. The number of carbonyl (C=O) groups excluding carboxylic acids is 1. The van der Waals surface area contributed by atoms with Crippen LogP contribution in [0.3, 0.4) is 0 Å². The van der Waals surface area contributed by atoms with Gasteiger partial charge in [0.15, 0.2) is 5.69 Å². The van der Waals surface area contributed by atoms with Gasteiger partial charge in [-0.15, -0.1) is 0 Å². The van der Waals surface area contributed by atoms with Crippen molar-refractivity contribution in [1.82, 2.24) is 25.5 Å². The van der Waals surface area contributed by atoms with E-state index in [1.807, 2.05) is 18.2 Å². The van der Waals surface area contributed by atoms with E-state index in [1.54, 1.807) is 12.3 Å². The van der Waals surface area contributed by atoms with Crippen LogP contribution in [-0.4, -0.2) is 56.4 Å². The van der Waals surface area contributed by atoms with Gasteiger partial charge in [0, 0.05) is 43.4 Å². The number of benzene rings is 1. The molecule has 11 heteroatoms. The van der Waals surface area contributed by atoms with Crippen LogP contribution in [0.25, 0.3) is 10.9 Å². The largest absolute Gasteiger partial charge is 0.481 e. The highest BCUT2D eigenvalue weighted by Gasteiger charge is 2.20. The quantitative estimate of drug-likeness (QED) is 0.427. The Morgan fingerprint density at radius 1 is 1.27 bits per heavy atom. The molecule has 30 heavy (non-hydrogen) atoms. The van der Waals surface area contributed by atoms with Gasteiger partial charge < -0.3 is 26.2 Å². The maximum atomic E-state index is 12.6. The minimum atomic E-state index is -0.833. The first-order valence-corrected chi connectivity index (χ1v) is 9.34. The van der Waals surface area contributed by atoms with Crippen molar-refractivity contribution in [3.05, 3.63) is 36.2 Å². The second-order valence-electron chi connectivity index (χ2n) is 6.64. The van der Waals surface area contributed by atoms with Crippen LogP contribution in [0.15, 0.2) is 30.5 Å². The van der Waals surface area contributed by atoms with E-state index in [4.69, 9.17) is 20.4 Å². The Labute approximate surface area is 172 Å². The number of nitrogen functional groups attached to an aromatic ring is 1. The maximum absolute atomic E-state index is 12.6. The predicted octanol–water partition coefficient (Wildman–Crippen LogP) is 1.68. The number of amides is 1. The lowest BCUT2D eigenvalue weighted by Crippen LogP contribution is -2.39. The first kappa shape index (κ1) is 21.0. The molecule has 1 aromatic carbocycles. The number of ether oxygens (including phenoxy) is 1. The Balaban J connectivity index is 0.000000589. The van der Waals surface area contributed by atoms with E-state index in [9.17, 15) is 4.79 Å². The number of nitrogens with two attached hydrogens (primary N) is 1. The van der Waals surface area contributed by atoms with Crippen LogP contribution in [0, 0.1) is 0 Å². The summed E-state index contributed by atoms with van der Waals surface area (Å²) >= 11 is 0. The van der Waals surface area contributed by atoms with Crippen LogP contribution in [0.1, 0.15) is 30.3 Å². The average molecular weight is 413 g/mol. The molecule has 0 saturated carbocycles. The molecule has 0 radical (unpaired) electrons. The Morgan fingerprint density at radius 3 is 2.70 bits per heavy atom. The molecule has 1 amide bonds. The van der Waals surface area contributed by atoms with Crippen LogP contribution in [0.5, 0.6) is 0 Å². The van der Waals surface area contributed by atoms with Crippen molar-refractivity contribution in [2.75, 3.05) is 24.3 Å². The molecule has 1 fully saturated rings. The molecule has 0 unspecified atom stereocenters. The lowest BCUT2D eigenvalue weighted by molar-refractivity contribution is -0.134. The number of hydrogen-bond acceptors (Lipinski definition) is 8. The van der Waals surface area contributed by atoms with E-state index in [1.165, 1.54) is 0 Å². The minimum absolute atomic E-state index is 0.119. The molecule has 1 saturated heterocycles. The fourth-order valence-electron chi connectivity index (χ4n) is 2.95. The predicted molar refractivity (Wildman–Crippen MR) is 110 cm³/mol.